The van der Waals surface area contributed by atoms with E-state index >= 15 is 0 Å². The van der Waals surface area contributed by atoms with Gasteiger partial charge in [-0.1, -0.05) is 24.3 Å². The molecule has 1 aliphatic rings. The minimum Gasteiger partial charge on any atom is -0.384 e. The molecule has 0 saturated carbocycles. The van der Waals surface area contributed by atoms with Gasteiger partial charge in [-0.3, -0.25) is 4.79 Å². The summed E-state index contributed by atoms with van der Waals surface area (Å²) in [4.78, 5) is 16.2. The summed E-state index contributed by atoms with van der Waals surface area (Å²) in [5.74, 6) is 0.266. The Bertz CT molecular complexity index is 639. The number of aromatic nitrogens is 1. The molecule has 3 rings (SSSR count). The van der Waals surface area contributed by atoms with Gasteiger partial charge in [-0.2, -0.15) is 0 Å². The maximum atomic E-state index is 12.3. The number of anilines is 1. The molecule has 4 nitrogen and oxygen atoms in total. The van der Waals surface area contributed by atoms with E-state index in [9.17, 15) is 4.79 Å². The van der Waals surface area contributed by atoms with Crippen LogP contribution < -0.4 is 11.1 Å². The van der Waals surface area contributed by atoms with Gasteiger partial charge in [0.25, 0.3) is 5.91 Å². The maximum Gasteiger partial charge on any atom is 0.251 e. The molecule has 1 amide bonds. The summed E-state index contributed by atoms with van der Waals surface area (Å²) in [6.45, 7) is 0. The predicted octanol–water partition coefficient (Wildman–Crippen LogP) is 2.47. The number of nitrogen functional groups attached to an aromatic ring is 1. The van der Waals surface area contributed by atoms with Crippen LogP contribution >= 0.6 is 0 Å². The Labute approximate surface area is 118 Å². The van der Waals surface area contributed by atoms with Gasteiger partial charge in [-0.05, 0) is 42.5 Å². The first kappa shape index (κ1) is 12.7. The highest BCUT2D eigenvalue weighted by Gasteiger charge is 2.21. The zero-order valence-electron chi connectivity index (χ0n) is 11.2. The number of carbonyl (C=O) groups is 1. The second-order valence-electron chi connectivity index (χ2n) is 5.09. The number of pyridine rings is 1. The van der Waals surface area contributed by atoms with Gasteiger partial charge < -0.3 is 11.1 Å². The minimum atomic E-state index is -0.0965. The number of aryl methyl sites for hydroxylation is 1. The Kier molecular flexibility index (Phi) is 3.37. The van der Waals surface area contributed by atoms with E-state index < -0.39 is 0 Å². The summed E-state index contributed by atoms with van der Waals surface area (Å²) < 4.78 is 0. The smallest absolute Gasteiger partial charge is 0.251 e. The summed E-state index contributed by atoms with van der Waals surface area (Å²) in [5, 5.41) is 3.10. The monoisotopic (exact) mass is 267 g/mol. The Balaban J connectivity index is 1.81. The van der Waals surface area contributed by atoms with Crippen molar-refractivity contribution in [3.05, 3.63) is 59.3 Å². The third-order valence-electron chi connectivity index (χ3n) is 3.72. The average molecular weight is 267 g/mol. The lowest BCUT2D eigenvalue weighted by atomic mass is 9.87. The summed E-state index contributed by atoms with van der Waals surface area (Å²) >= 11 is 0. The molecule has 2 aromatic rings. The highest BCUT2D eigenvalue weighted by Crippen LogP contribution is 2.29. The van der Waals surface area contributed by atoms with E-state index in [4.69, 9.17) is 5.73 Å². The van der Waals surface area contributed by atoms with E-state index in [1.54, 1.807) is 18.3 Å². The standard InChI is InChI=1S/C16H17N3O/c17-15-10-12(8-9-18-15)16(20)19-14-7-3-5-11-4-1-2-6-13(11)14/h1-2,4,6,8-10,14H,3,5,7H2,(H2,17,18)(H,19,20). The Morgan fingerprint density at radius 1 is 1.30 bits per heavy atom. The lowest BCUT2D eigenvalue weighted by molar-refractivity contribution is 0.0932. The van der Waals surface area contributed by atoms with E-state index in [0.29, 0.717) is 11.4 Å². The lowest BCUT2D eigenvalue weighted by Gasteiger charge is -2.26. The van der Waals surface area contributed by atoms with E-state index in [1.165, 1.54) is 11.1 Å². The third-order valence-corrected chi connectivity index (χ3v) is 3.72. The van der Waals surface area contributed by atoms with E-state index in [1.807, 2.05) is 12.1 Å². The molecule has 1 unspecified atom stereocenters. The molecule has 0 fully saturated rings. The van der Waals surface area contributed by atoms with Crippen LogP contribution in [0.1, 0.15) is 40.4 Å². The molecule has 1 aromatic heterocycles. The van der Waals surface area contributed by atoms with Gasteiger partial charge in [0.05, 0.1) is 6.04 Å². The third kappa shape index (κ3) is 2.50. The molecule has 102 valence electrons. The normalized spacial score (nSPS) is 17.3. The van der Waals surface area contributed by atoms with Gasteiger partial charge in [0.2, 0.25) is 0 Å². The first-order valence-corrected chi connectivity index (χ1v) is 6.84. The molecule has 1 aromatic carbocycles. The maximum absolute atomic E-state index is 12.3. The number of fused-ring (bicyclic) bond motifs is 1. The highest BCUT2D eigenvalue weighted by molar-refractivity contribution is 5.95. The topological polar surface area (TPSA) is 68.0 Å². The molecule has 0 radical (unpaired) electrons. The molecule has 1 atom stereocenters. The molecule has 4 heteroatoms. The Morgan fingerprint density at radius 3 is 3.00 bits per heavy atom. The molecule has 0 spiro atoms. The summed E-state index contributed by atoms with van der Waals surface area (Å²) in [7, 11) is 0. The fourth-order valence-electron chi connectivity index (χ4n) is 2.74. The summed E-state index contributed by atoms with van der Waals surface area (Å²) in [5.41, 5.74) is 8.73. The number of nitrogens with one attached hydrogen (secondary N) is 1. The van der Waals surface area contributed by atoms with Gasteiger partial charge in [0, 0.05) is 11.8 Å². The largest absolute Gasteiger partial charge is 0.384 e. The zero-order valence-corrected chi connectivity index (χ0v) is 11.2. The van der Waals surface area contributed by atoms with E-state index in [0.717, 1.165) is 19.3 Å². The summed E-state index contributed by atoms with van der Waals surface area (Å²) in [6, 6.07) is 11.7. The van der Waals surface area contributed by atoms with Crippen LogP contribution in [0.15, 0.2) is 42.6 Å². The van der Waals surface area contributed by atoms with Gasteiger partial charge in [-0.25, -0.2) is 4.98 Å². The molecular weight excluding hydrogens is 250 g/mol. The van der Waals surface area contributed by atoms with Crippen molar-refractivity contribution >= 4 is 11.7 Å². The lowest BCUT2D eigenvalue weighted by Crippen LogP contribution is -2.31. The number of hydrogen-bond acceptors (Lipinski definition) is 3. The number of benzene rings is 1. The van der Waals surface area contributed by atoms with E-state index in [2.05, 4.69) is 22.4 Å². The van der Waals surface area contributed by atoms with Gasteiger partial charge >= 0.3 is 0 Å². The highest BCUT2D eigenvalue weighted by atomic mass is 16.1. The van der Waals surface area contributed by atoms with Crippen LogP contribution in [0.25, 0.3) is 0 Å². The zero-order chi connectivity index (χ0) is 13.9. The van der Waals surface area contributed by atoms with Crippen molar-refractivity contribution < 1.29 is 4.79 Å². The van der Waals surface area contributed by atoms with Crippen LogP contribution in [0.3, 0.4) is 0 Å². The molecular formula is C16H17N3O. The SMILES string of the molecule is Nc1cc(C(=O)NC2CCCc3ccccc32)ccn1. The molecule has 3 N–H and O–H groups in total. The minimum absolute atomic E-state index is 0.0850. The molecule has 1 aliphatic carbocycles. The van der Waals surface area contributed by atoms with Gasteiger partial charge in [0.1, 0.15) is 5.82 Å². The van der Waals surface area contributed by atoms with Crippen LogP contribution in [0.2, 0.25) is 0 Å². The second kappa shape index (κ2) is 5.33. The first-order valence-electron chi connectivity index (χ1n) is 6.84. The first-order chi connectivity index (χ1) is 9.74. The number of nitrogens with zero attached hydrogens (tertiary/aromatic N) is 1. The van der Waals surface area contributed by atoms with Crippen LogP contribution in [0.4, 0.5) is 5.82 Å². The van der Waals surface area contributed by atoms with Gasteiger partial charge in [-0.15, -0.1) is 0 Å². The van der Waals surface area contributed by atoms with E-state index in [-0.39, 0.29) is 11.9 Å². The number of hydrogen-bond donors (Lipinski definition) is 2. The number of nitrogens with two attached hydrogens (primary N) is 1. The van der Waals surface area contributed by atoms with Crippen molar-refractivity contribution in [3.63, 3.8) is 0 Å². The predicted molar refractivity (Wildman–Crippen MR) is 78.2 cm³/mol. The number of carbonyl (C=O) groups excluding carboxylic acids is 1. The molecule has 0 saturated heterocycles. The average Bonchev–Trinajstić information content (AvgIpc) is 2.47. The van der Waals surface area contributed by atoms with Crippen molar-refractivity contribution in [1.82, 2.24) is 10.3 Å². The van der Waals surface area contributed by atoms with Crippen molar-refractivity contribution in [3.8, 4) is 0 Å². The second-order valence-corrected chi connectivity index (χ2v) is 5.09. The molecule has 20 heavy (non-hydrogen) atoms. The fourth-order valence-corrected chi connectivity index (χ4v) is 2.74. The quantitative estimate of drug-likeness (QED) is 0.878. The Hall–Kier alpha value is -2.36. The summed E-state index contributed by atoms with van der Waals surface area (Å²) in [6.07, 6.45) is 4.72. The van der Waals surface area contributed by atoms with Crippen molar-refractivity contribution in [2.75, 3.05) is 5.73 Å². The van der Waals surface area contributed by atoms with Crippen molar-refractivity contribution in [2.24, 2.45) is 0 Å². The van der Waals surface area contributed by atoms with Crippen molar-refractivity contribution in [1.29, 1.82) is 0 Å². The number of rotatable bonds is 2. The van der Waals surface area contributed by atoms with Crippen LogP contribution in [0, 0.1) is 0 Å². The molecule has 1 heterocycles. The molecule has 0 bridgehead atoms. The Morgan fingerprint density at radius 2 is 2.15 bits per heavy atom. The van der Waals surface area contributed by atoms with Crippen molar-refractivity contribution in [2.45, 2.75) is 25.3 Å². The fraction of sp³-hybridized carbons (Fsp3) is 0.250. The number of amides is 1. The van der Waals surface area contributed by atoms with Crippen LogP contribution in [-0.4, -0.2) is 10.9 Å². The van der Waals surface area contributed by atoms with Crippen LogP contribution in [-0.2, 0) is 6.42 Å². The van der Waals surface area contributed by atoms with Gasteiger partial charge in [0.15, 0.2) is 0 Å². The van der Waals surface area contributed by atoms with Crippen LogP contribution in [0.5, 0.6) is 0 Å². The molecule has 0 aliphatic heterocycles.